The number of nitrogens with zero attached hydrogens (tertiary/aromatic N) is 2. The predicted octanol–water partition coefficient (Wildman–Crippen LogP) is 4.69. The lowest BCUT2D eigenvalue weighted by Gasteiger charge is -2.37. The highest BCUT2D eigenvalue weighted by molar-refractivity contribution is 6.30. The Bertz CT molecular complexity index is 1160. The van der Waals surface area contributed by atoms with Crippen LogP contribution in [0.15, 0.2) is 54.7 Å². The average Bonchev–Trinajstić information content (AvgIpc) is 2.88. The van der Waals surface area contributed by atoms with E-state index in [1.807, 2.05) is 48.5 Å². The number of hydrogen-bond donors (Lipinski definition) is 2. The highest BCUT2D eigenvalue weighted by atomic mass is 35.5. The van der Waals surface area contributed by atoms with Gasteiger partial charge in [-0.25, -0.2) is 0 Å². The number of hydrogen-bond acceptors (Lipinski definition) is 5. The average molecular weight is 479 g/mol. The molecule has 3 atom stereocenters. The van der Waals surface area contributed by atoms with E-state index in [2.05, 4.69) is 21.7 Å². The lowest BCUT2D eigenvalue weighted by atomic mass is 9.81. The fraction of sp³-hybridized carbons (Fsp3) is 0.393. The van der Waals surface area contributed by atoms with E-state index >= 15 is 0 Å². The molecule has 0 aliphatic carbocycles. The normalized spacial score (nSPS) is 19.4. The highest BCUT2D eigenvalue weighted by Gasteiger charge is 2.29. The number of likely N-dealkylation sites (tertiary alicyclic amines) is 1. The SMILES string of the molecule is COc1ccc2nccc([C@H](O)CC[C@@H]3CCN(CC#Cc4ccc(Cl)cc4)C[C@@H]3CO)c2c1. The van der Waals surface area contributed by atoms with Crippen molar-refractivity contribution in [2.24, 2.45) is 11.8 Å². The summed E-state index contributed by atoms with van der Waals surface area (Å²) in [6, 6.07) is 15.1. The van der Waals surface area contributed by atoms with Crippen molar-refractivity contribution in [3.63, 3.8) is 0 Å². The first-order valence-corrected chi connectivity index (χ1v) is 12.1. The van der Waals surface area contributed by atoms with Gasteiger partial charge in [0.05, 0.1) is 25.3 Å². The van der Waals surface area contributed by atoms with Crippen LogP contribution >= 0.6 is 11.6 Å². The Morgan fingerprint density at radius 3 is 2.76 bits per heavy atom. The standard InChI is InChI=1S/C28H31ClN2O3/c1-34-24-9-10-27-26(17-24)25(12-14-30-27)28(33)11-6-21-13-16-31(18-22(21)19-32)15-2-3-20-4-7-23(29)8-5-20/h4-5,7-10,12,14,17,21-22,28,32-33H,6,11,13,15-16,18-19H2,1H3/t21-,22-,28-/m1/s1. The summed E-state index contributed by atoms with van der Waals surface area (Å²) in [7, 11) is 1.64. The molecule has 2 N–H and O–H groups in total. The van der Waals surface area contributed by atoms with Crippen LogP contribution in [-0.2, 0) is 0 Å². The molecule has 6 heteroatoms. The minimum atomic E-state index is -0.583. The van der Waals surface area contributed by atoms with Gasteiger partial charge in [-0.1, -0.05) is 23.4 Å². The van der Waals surface area contributed by atoms with Gasteiger partial charge in [0, 0.05) is 35.3 Å². The number of ether oxygens (including phenoxy) is 1. The third kappa shape index (κ3) is 6.08. The minimum Gasteiger partial charge on any atom is -0.497 e. The van der Waals surface area contributed by atoms with Crippen LogP contribution in [0.3, 0.4) is 0 Å². The van der Waals surface area contributed by atoms with Crippen molar-refractivity contribution < 1.29 is 14.9 Å². The van der Waals surface area contributed by atoms with Crippen LogP contribution in [0.1, 0.15) is 36.5 Å². The molecule has 1 fully saturated rings. The van der Waals surface area contributed by atoms with Gasteiger partial charge in [-0.15, -0.1) is 0 Å². The second-order valence-corrected chi connectivity index (χ2v) is 9.35. The summed E-state index contributed by atoms with van der Waals surface area (Å²) in [4.78, 5) is 6.71. The van der Waals surface area contributed by atoms with Crippen LogP contribution in [0, 0.1) is 23.7 Å². The van der Waals surface area contributed by atoms with Crippen molar-refractivity contribution in [1.29, 1.82) is 0 Å². The molecule has 2 aromatic carbocycles. The number of aliphatic hydroxyl groups excluding tert-OH is 2. The fourth-order valence-corrected chi connectivity index (χ4v) is 4.89. The molecule has 34 heavy (non-hydrogen) atoms. The number of benzene rings is 2. The molecule has 3 aromatic rings. The first kappa shape index (κ1) is 24.5. The molecule has 0 amide bonds. The summed E-state index contributed by atoms with van der Waals surface area (Å²) in [6.45, 7) is 2.60. The van der Waals surface area contributed by atoms with E-state index in [-0.39, 0.29) is 12.5 Å². The smallest absolute Gasteiger partial charge is 0.119 e. The van der Waals surface area contributed by atoms with E-state index in [0.717, 1.165) is 53.7 Å². The molecule has 178 valence electrons. The fourth-order valence-electron chi connectivity index (χ4n) is 4.76. The van der Waals surface area contributed by atoms with Gasteiger partial charge in [-0.3, -0.25) is 9.88 Å². The molecule has 5 nitrogen and oxygen atoms in total. The summed E-state index contributed by atoms with van der Waals surface area (Å²) in [6.07, 6.45) is 3.66. The lowest BCUT2D eigenvalue weighted by molar-refractivity contribution is 0.0640. The molecule has 0 bridgehead atoms. The van der Waals surface area contributed by atoms with E-state index in [0.29, 0.717) is 23.9 Å². The van der Waals surface area contributed by atoms with E-state index in [1.165, 1.54) is 0 Å². The maximum Gasteiger partial charge on any atom is 0.119 e. The van der Waals surface area contributed by atoms with Crippen molar-refractivity contribution >= 4 is 22.5 Å². The first-order valence-electron chi connectivity index (χ1n) is 11.8. The third-order valence-electron chi connectivity index (χ3n) is 6.74. The van der Waals surface area contributed by atoms with Crippen LogP contribution in [0.4, 0.5) is 0 Å². The van der Waals surface area contributed by atoms with Gasteiger partial charge in [0.15, 0.2) is 0 Å². The van der Waals surface area contributed by atoms with Gasteiger partial charge in [0.2, 0.25) is 0 Å². The van der Waals surface area contributed by atoms with Gasteiger partial charge in [-0.2, -0.15) is 0 Å². The minimum absolute atomic E-state index is 0.150. The van der Waals surface area contributed by atoms with Crippen LogP contribution < -0.4 is 4.74 Å². The molecule has 0 radical (unpaired) electrons. The zero-order valence-corrected chi connectivity index (χ0v) is 20.2. The van der Waals surface area contributed by atoms with Crippen molar-refractivity contribution in [3.8, 4) is 17.6 Å². The Labute approximate surface area is 206 Å². The molecule has 2 heterocycles. The summed E-state index contributed by atoms with van der Waals surface area (Å²) < 4.78 is 5.35. The maximum atomic E-state index is 11.0. The predicted molar refractivity (Wildman–Crippen MR) is 136 cm³/mol. The number of pyridine rings is 1. The topological polar surface area (TPSA) is 65.8 Å². The van der Waals surface area contributed by atoms with Gasteiger partial charge < -0.3 is 14.9 Å². The molecule has 1 aliphatic rings. The number of piperidine rings is 1. The van der Waals surface area contributed by atoms with Crippen LogP contribution in [-0.4, -0.2) is 53.4 Å². The molecular formula is C28H31ClN2O3. The van der Waals surface area contributed by atoms with Gasteiger partial charge in [0.25, 0.3) is 0 Å². The maximum absolute atomic E-state index is 11.0. The summed E-state index contributed by atoms with van der Waals surface area (Å²) >= 11 is 5.93. The third-order valence-corrected chi connectivity index (χ3v) is 6.99. The van der Waals surface area contributed by atoms with E-state index in [4.69, 9.17) is 16.3 Å². The Morgan fingerprint density at radius 1 is 1.18 bits per heavy atom. The Morgan fingerprint density at radius 2 is 2.00 bits per heavy atom. The van der Waals surface area contributed by atoms with Crippen LogP contribution in [0.25, 0.3) is 10.9 Å². The molecule has 1 aliphatic heterocycles. The van der Waals surface area contributed by atoms with Gasteiger partial charge in [-0.05, 0) is 91.7 Å². The largest absolute Gasteiger partial charge is 0.497 e. The van der Waals surface area contributed by atoms with Crippen molar-refractivity contribution in [3.05, 3.63) is 70.9 Å². The molecular weight excluding hydrogens is 448 g/mol. The quantitative estimate of drug-likeness (QED) is 0.482. The van der Waals surface area contributed by atoms with Crippen LogP contribution in [0.5, 0.6) is 5.75 Å². The zero-order valence-electron chi connectivity index (χ0n) is 19.5. The molecule has 1 saturated heterocycles. The second-order valence-electron chi connectivity index (χ2n) is 8.91. The Kier molecular flexibility index (Phi) is 8.42. The monoisotopic (exact) mass is 478 g/mol. The Balaban J connectivity index is 1.33. The molecule has 4 rings (SSSR count). The number of halogens is 1. The van der Waals surface area contributed by atoms with Crippen molar-refractivity contribution in [1.82, 2.24) is 9.88 Å². The van der Waals surface area contributed by atoms with Gasteiger partial charge >= 0.3 is 0 Å². The highest BCUT2D eigenvalue weighted by Crippen LogP contribution is 2.33. The van der Waals surface area contributed by atoms with Crippen LogP contribution in [0.2, 0.25) is 5.02 Å². The number of methoxy groups -OCH3 is 1. The second kappa shape index (κ2) is 11.7. The number of aromatic nitrogens is 1. The Hall–Kier alpha value is -2.62. The summed E-state index contributed by atoms with van der Waals surface area (Å²) in [5, 5.41) is 22.7. The van der Waals surface area contributed by atoms with Gasteiger partial charge in [0.1, 0.15) is 5.75 Å². The number of fused-ring (bicyclic) bond motifs is 1. The van der Waals surface area contributed by atoms with E-state index in [9.17, 15) is 10.2 Å². The summed E-state index contributed by atoms with van der Waals surface area (Å²) in [5.41, 5.74) is 2.67. The zero-order chi connectivity index (χ0) is 23.9. The first-order chi connectivity index (χ1) is 16.6. The summed E-state index contributed by atoms with van der Waals surface area (Å²) in [5.74, 6) is 7.74. The number of aliphatic hydroxyl groups is 2. The van der Waals surface area contributed by atoms with E-state index in [1.54, 1.807) is 13.3 Å². The van der Waals surface area contributed by atoms with E-state index < -0.39 is 6.10 Å². The molecule has 0 unspecified atom stereocenters. The van der Waals surface area contributed by atoms with Crippen molar-refractivity contribution in [2.75, 3.05) is 33.4 Å². The molecule has 0 saturated carbocycles. The number of rotatable bonds is 7. The van der Waals surface area contributed by atoms with Crippen molar-refractivity contribution in [2.45, 2.75) is 25.4 Å². The lowest BCUT2D eigenvalue weighted by Crippen LogP contribution is -2.42. The molecule has 1 aromatic heterocycles. The molecule has 0 spiro atoms.